The maximum absolute atomic E-state index is 12.4. The summed E-state index contributed by atoms with van der Waals surface area (Å²) < 4.78 is 5.65. The lowest BCUT2D eigenvalue weighted by molar-refractivity contribution is -0.142. The summed E-state index contributed by atoms with van der Waals surface area (Å²) >= 11 is 5.90. The predicted octanol–water partition coefficient (Wildman–Crippen LogP) is 2.87. The van der Waals surface area contributed by atoms with Crippen molar-refractivity contribution in [2.24, 2.45) is 0 Å². The van der Waals surface area contributed by atoms with E-state index < -0.39 is 12.2 Å². The van der Waals surface area contributed by atoms with Crippen LogP contribution < -0.4 is 4.74 Å². The van der Waals surface area contributed by atoms with Crippen LogP contribution in [0.25, 0.3) is 0 Å². The maximum atomic E-state index is 12.4. The van der Waals surface area contributed by atoms with Gasteiger partial charge in [0.25, 0.3) is 5.91 Å². The number of hydrogen-bond donors (Lipinski definition) is 1. The Bertz CT molecular complexity index is 494. The largest absolute Gasteiger partial charge is 0.481 e. The van der Waals surface area contributed by atoms with Crippen LogP contribution in [0.15, 0.2) is 24.3 Å². The Morgan fingerprint density at radius 3 is 2.81 bits per heavy atom. The lowest BCUT2D eigenvalue weighted by Gasteiger charge is -2.36. The molecule has 1 aliphatic carbocycles. The van der Waals surface area contributed by atoms with E-state index in [-0.39, 0.29) is 11.9 Å². The quantitative estimate of drug-likeness (QED) is 0.930. The number of halogens is 1. The van der Waals surface area contributed by atoms with Crippen molar-refractivity contribution in [1.29, 1.82) is 0 Å². The Labute approximate surface area is 130 Å². The van der Waals surface area contributed by atoms with Crippen molar-refractivity contribution in [3.63, 3.8) is 0 Å². The van der Waals surface area contributed by atoms with Crippen LogP contribution in [0.4, 0.5) is 0 Å². The molecule has 5 heteroatoms. The van der Waals surface area contributed by atoms with Crippen LogP contribution >= 0.6 is 11.6 Å². The minimum atomic E-state index is -0.609. The number of aliphatic hydroxyl groups excluding tert-OH is 1. The summed E-state index contributed by atoms with van der Waals surface area (Å²) in [4.78, 5) is 14.1. The smallest absolute Gasteiger partial charge is 0.263 e. The molecule has 0 radical (unpaired) electrons. The first-order valence-electron chi connectivity index (χ1n) is 7.36. The first-order valence-corrected chi connectivity index (χ1v) is 7.74. The third kappa shape index (κ3) is 4.11. The molecule has 0 aromatic heterocycles. The number of benzene rings is 1. The van der Waals surface area contributed by atoms with Gasteiger partial charge in [0.1, 0.15) is 5.75 Å². The molecule has 4 nitrogen and oxygen atoms in total. The van der Waals surface area contributed by atoms with Crippen molar-refractivity contribution in [2.45, 2.75) is 50.9 Å². The summed E-state index contributed by atoms with van der Waals surface area (Å²) in [5.74, 6) is 0.446. The first-order chi connectivity index (χ1) is 9.99. The molecule has 0 heterocycles. The lowest BCUT2D eigenvalue weighted by atomic mass is 9.91. The molecule has 1 amide bonds. The zero-order valence-corrected chi connectivity index (χ0v) is 13.2. The minimum Gasteiger partial charge on any atom is -0.481 e. The van der Waals surface area contributed by atoms with E-state index in [2.05, 4.69) is 0 Å². The van der Waals surface area contributed by atoms with Gasteiger partial charge >= 0.3 is 0 Å². The van der Waals surface area contributed by atoms with E-state index in [4.69, 9.17) is 16.3 Å². The number of aliphatic hydroxyl groups is 1. The third-order valence-corrected chi connectivity index (χ3v) is 4.23. The number of amides is 1. The Balaban J connectivity index is 1.98. The van der Waals surface area contributed by atoms with Gasteiger partial charge in [-0.25, -0.2) is 0 Å². The molecule has 21 heavy (non-hydrogen) atoms. The summed E-state index contributed by atoms with van der Waals surface area (Å²) in [6.07, 6.45) is 2.62. The number of hydrogen-bond acceptors (Lipinski definition) is 3. The Morgan fingerprint density at radius 1 is 1.43 bits per heavy atom. The number of carbonyl (C=O) groups is 1. The lowest BCUT2D eigenvalue weighted by Crippen LogP contribution is -2.50. The second kappa shape index (κ2) is 7.14. The summed E-state index contributed by atoms with van der Waals surface area (Å²) in [5, 5.41) is 10.6. The van der Waals surface area contributed by atoms with Crippen LogP contribution in [0.3, 0.4) is 0 Å². The molecule has 0 saturated heterocycles. The number of carbonyl (C=O) groups excluding carboxylic acids is 1. The van der Waals surface area contributed by atoms with Crippen LogP contribution in [-0.2, 0) is 4.79 Å². The van der Waals surface area contributed by atoms with Crippen LogP contribution in [-0.4, -0.2) is 41.2 Å². The first kappa shape index (κ1) is 16.1. The van der Waals surface area contributed by atoms with Gasteiger partial charge in [-0.1, -0.05) is 30.5 Å². The monoisotopic (exact) mass is 311 g/mol. The normalized spacial score (nSPS) is 23.4. The molecule has 0 aliphatic heterocycles. The molecule has 0 spiro atoms. The minimum absolute atomic E-state index is 0.114. The molecular formula is C16H22ClNO3. The van der Waals surface area contributed by atoms with E-state index in [1.54, 1.807) is 43.1 Å². The van der Waals surface area contributed by atoms with Crippen molar-refractivity contribution in [3.8, 4) is 5.75 Å². The predicted molar refractivity (Wildman–Crippen MR) is 82.6 cm³/mol. The van der Waals surface area contributed by atoms with Gasteiger partial charge in [0.2, 0.25) is 0 Å². The highest BCUT2D eigenvalue weighted by atomic mass is 35.5. The number of nitrogens with zero attached hydrogens (tertiary/aromatic N) is 1. The molecule has 0 bridgehead atoms. The Morgan fingerprint density at radius 2 is 2.14 bits per heavy atom. The number of likely N-dealkylation sites (N-methyl/N-ethyl adjacent to an activating group) is 1. The van der Waals surface area contributed by atoms with Crippen molar-refractivity contribution in [1.82, 2.24) is 4.90 Å². The number of rotatable bonds is 4. The zero-order valence-electron chi connectivity index (χ0n) is 12.5. The molecule has 1 fully saturated rings. The van der Waals surface area contributed by atoms with Crippen molar-refractivity contribution in [3.05, 3.63) is 29.3 Å². The maximum Gasteiger partial charge on any atom is 0.263 e. The second-order valence-corrected chi connectivity index (χ2v) is 6.02. The van der Waals surface area contributed by atoms with E-state index in [0.717, 1.165) is 25.7 Å². The Kier molecular flexibility index (Phi) is 5.48. The Hall–Kier alpha value is -1.26. The fourth-order valence-electron chi connectivity index (χ4n) is 2.79. The molecule has 1 aromatic carbocycles. The average molecular weight is 312 g/mol. The molecule has 3 atom stereocenters. The zero-order chi connectivity index (χ0) is 15.4. The van der Waals surface area contributed by atoms with Gasteiger partial charge in [-0.05, 0) is 38.0 Å². The molecule has 1 aromatic rings. The third-order valence-electron chi connectivity index (χ3n) is 4.00. The molecule has 0 unspecified atom stereocenters. The van der Waals surface area contributed by atoms with Gasteiger partial charge in [-0.2, -0.15) is 0 Å². The highest BCUT2D eigenvalue weighted by molar-refractivity contribution is 6.30. The molecule has 1 N–H and O–H groups in total. The SMILES string of the molecule is C[C@H](Oc1cccc(Cl)c1)C(=O)N(C)[C@H]1CCCC[C@@H]1O. The van der Waals surface area contributed by atoms with Crippen LogP contribution in [0.2, 0.25) is 5.02 Å². The summed E-state index contributed by atoms with van der Waals surface area (Å²) in [7, 11) is 1.74. The molecule has 1 saturated carbocycles. The summed E-state index contributed by atoms with van der Waals surface area (Å²) in [6, 6.07) is 6.87. The van der Waals surface area contributed by atoms with Gasteiger partial charge in [0, 0.05) is 12.1 Å². The van der Waals surface area contributed by atoms with Gasteiger partial charge in [-0.15, -0.1) is 0 Å². The fraction of sp³-hybridized carbons (Fsp3) is 0.562. The van der Waals surface area contributed by atoms with Crippen LogP contribution in [0.1, 0.15) is 32.6 Å². The van der Waals surface area contributed by atoms with Gasteiger partial charge in [0.05, 0.1) is 12.1 Å². The van der Waals surface area contributed by atoms with Gasteiger partial charge in [-0.3, -0.25) is 4.79 Å². The standard InChI is InChI=1S/C16H22ClNO3/c1-11(21-13-7-5-6-12(17)10-13)16(20)18(2)14-8-3-4-9-15(14)19/h5-7,10-11,14-15,19H,3-4,8-9H2,1-2H3/t11-,14-,15-/m0/s1. The van der Waals surface area contributed by atoms with E-state index >= 15 is 0 Å². The topological polar surface area (TPSA) is 49.8 Å². The van der Waals surface area contributed by atoms with Gasteiger partial charge < -0.3 is 14.7 Å². The molecule has 2 rings (SSSR count). The van der Waals surface area contributed by atoms with Gasteiger partial charge in [0.15, 0.2) is 6.10 Å². The summed E-state index contributed by atoms with van der Waals surface area (Å²) in [5.41, 5.74) is 0. The number of ether oxygens (including phenoxy) is 1. The van der Waals surface area contributed by atoms with Crippen molar-refractivity contribution < 1.29 is 14.6 Å². The van der Waals surface area contributed by atoms with Crippen molar-refractivity contribution >= 4 is 17.5 Å². The van der Waals surface area contributed by atoms with E-state index in [1.807, 2.05) is 0 Å². The van der Waals surface area contributed by atoms with E-state index in [9.17, 15) is 9.90 Å². The van der Waals surface area contributed by atoms with Crippen molar-refractivity contribution in [2.75, 3.05) is 7.05 Å². The fourth-order valence-corrected chi connectivity index (χ4v) is 2.97. The van der Waals surface area contributed by atoms with E-state index in [1.165, 1.54) is 0 Å². The highest BCUT2D eigenvalue weighted by Crippen LogP contribution is 2.24. The summed E-state index contributed by atoms with van der Waals surface area (Å²) in [6.45, 7) is 1.72. The molecule has 116 valence electrons. The second-order valence-electron chi connectivity index (χ2n) is 5.59. The van der Waals surface area contributed by atoms with E-state index in [0.29, 0.717) is 10.8 Å². The molecule has 1 aliphatic rings. The average Bonchev–Trinajstić information content (AvgIpc) is 2.46. The van der Waals surface area contributed by atoms with Crippen LogP contribution in [0.5, 0.6) is 5.75 Å². The molecular weight excluding hydrogens is 290 g/mol. The highest BCUT2D eigenvalue weighted by Gasteiger charge is 2.31. The van der Waals surface area contributed by atoms with Crippen LogP contribution in [0, 0.1) is 0 Å².